The molecule has 0 saturated carbocycles. The standard InChI is InChI=1S/C36H46N2O7S/c1-26(2)24-38(46(42,43)30-20-18-28(44-3)19-21-30)25-35(40)33-23-27-14-16-29(17-15-27)45-22-9-7-5-4-6-8-11-31-32(36(41)37-33)12-10-13-34(31)39/h4,6,10,12-21,26,33,35,39-40H,5,7-9,11,22-25H2,1-3H3,(H,37,41)/b6-4+/t33-,35+/m0/s1. The van der Waals surface area contributed by atoms with E-state index >= 15 is 0 Å². The monoisotopic (exact) mass is 650 g/mol. The lowest BCUT2D eigenvalue weighted by Crippen LogP contribution is -2.51. The number of hydrogen-bond donors (Lipinski definition) is 3. The Labute approximate surface area is 272 Å². The molecule has 0 aromatic heterocycles. The van der Waals surface area contributed by atoms with Crippen LogP contribution in [-0.2, 0) is 22.9 Å². The fourth-order valence-electron chi connectivity index (χ4n) is 5.48. The number of nitrogens with zero attached hydrogens (tertiary/aromatic N) is 1. The van der Waals surface area contributed by atoms with Gasteiger partial charge in [0, 0.05) is 24.2 Å². The zero-order valence-electron chi connectivity index (χ0n) is 26.9. The molecule has 0 fully saturated rings. The molecule has 2 atom stereocenters. The van der Waals surface area contributed by atoms with Gasteiger partial charge in [0.1, 0.15) is 17.2 Å². The van der Waals surface area contributed by atoms with Gasteiger partial charge in [0.15, 0.2) is 0 Å². The molecule has 0 radical (unpaired) electrons. The van der Waals surface area contributed by atoms with Gasteiger partial charge in [0.2, 0.25) is 10.0 Å². The highest BCUT2D eigenvalue weighted by atomic mass is 32.2. The molecule has 0 aliphatic carbocycles. The van der Waals surface area contributed by atoms with Crippen LogP contribution in [0, 0.1) is 5.92 Å². The first-order valence-electron chi connectivity index (χ1n) is 15.9. The molecule has 3 N–H and O–H groups in total. The largest absolute Gasteiger partial charge is 0.508 e. The Morgan fingerprint density at radius 2 is 1.70 bits per heavy atom. The summed E-state index contributed by atoms with van der Waals surface area (Å²) in [5, 5.41) is 25.4. The number of aromatic hydroxyl groups is 1. The fourth-order valence-corrected chi connectivity index (χ4v) is 7.11. The minimum Gasteiger partial charge on any atom is -0.508 e. The van der Waals surface area contributed by atoms with Crippen LogP contribution >= 0.6 is 0 Å². The predicted octanol–water partition coefficient (Wildman–Crippen LogP) is 5.50. The van der Waals surface area contributed by atoms with Crippen molar-refractivity contribution in [3.8, 4) is 17.2 Å². The number of amides is 1. The summed E-state index contributed by atoms with van der Waals surface area (Å²) in [6.45, 7) is 4.34. The van der Waals surface area contributed by atoms with Crippen molar-refractivity contribution in [2.45, 2.75) is 69.4 Å². The van der Waals surface area contributed by atoms with Gasteiger partial charge in [-0.3, -0.25) is 4.79 Å². The molecule has 248 valence electrons. The predicted molar refractivity (Wildman–Crippen MR) is 179 cm³/mol. The molecule has 5 rings (SSSR count). The van der Waals surface area contributed by atoms with Gasteiger partial charge in [-0.15, -0.1) is 0 Å². The van der Waals surface area contributed by atoms with Crippen molar-refractivity contribution in [2.24, 2.45) is 5.92 Å². The molecule has 2 aliphatic heterocycles. The van der Waals surface area contributed by atoms with Crippen molar-refractivity contribution in [2.75, 3.05) is 26.8 Å². The van der Waals surface area contributed by atoms with Crippen molar-refractivity contribution in [1.82, 2.24) is 9.62 Å². The highest BCUT2D eigenvalue weighted by molar-refractivity contribution is 7.89. The molecular formula is C36H46N2O7S. The number of aliphatic hydroxyl groups is 1. The van der Waals surface area contributed by atoms with Crippen molar-refractivity contribution < 1.29 is 32.9 Å². The zero-order chi connectivity index (χ0) is 33.1. The molecule has 3 aromatic rings. The van der Waals surface area contributed by atoms with E-state index in [0.29, 0.717) is 36.3 Å². The molecule has 2 bridgehead atoms. The van der Waals surface area contributed by atoms with Crippen LogP contribution in [0.25, 0.3) is 0 Å². The first-order valence-corrected chi connectivity index (χ1v) is 17.3. The SMILES string of the molecule is COc1ccc(S(=O)(=O)N(CC(C)C)C[C@@H](O)[C@@H]2Cc3ccc(cc3)OCCCC/C=C/CCc3c(O)cccc3C(=O)N2)cc1. The molecule has 0 unspecified atom stereocenters. The number of phenolic OH excluding ortho intramolecular Hbond substituents is 1. The number of nitrogens with one attached hydrogen (secondary N) is 1. The lowest BCUT2D eigenvalue weighted by Gasteiger charge is -2.31. The second-order valence-electron chi connectivity index (χ2n) is 12.0. The van der Waals surface area contributed by atoms with Crippen LogP contribution in [0.1, 0.15) is 61.0 Å². The van der Waals surface area contributed by atoms with Crippen molar-refractivity contribution in [3.05, 3.63) is 95.6 Å². The Bertz CT molecular complexity index is 1550. The third-order valence-electron chi connectivity index (χ3n) is 7.97. The lowest BCUT2D eigenvalue weighted by atomic mass is 9.97. The summed E-state index contributed by atoms with van der Waals surface area (Å²) in [5.74, 6) is 0.816. The van der Waals surface area contributed by atoms with Crippen LogP contribution in [0.3, 0.4) is 0 Å². The van der Waals surface area contributed by atoms with Gasteiger partial charge < -0.3 is 25.0 Å². The van der Waals surface area contributed by atoms with Gasteiger partial charge >= 0.3 is 0 Å². The summed E-state index contributed by atoms with van der Waals surface area (Å²) in [4.78, 5) is 13.9. The van der Waals surface area contributed by atoms with Gasteiger partial charge in [0.25, 0.3) is 5.91 Å². The molecule has 0 spiro atoms. The number of fused-ring (bicyclic) bond motifs is 12. The van der Waals surface area contributed by atoms with E-state index in [0.717, 1.165) is 30.6 Å². The van der Waals surface area contributed by atoms with Crippen molar-refractivity contribution >= 4 is 15.9 Å². The number of allylic oxidation sites excluding steroid dienone is 2. The van der Waals surface area contributed by atoms with Gasteiger partial charge in [-0.25, -0.2) is 8.42 Å². The number of carbonyl (C=O) groups is 1. The van der Waals surface area contributed by atoms with Gasteiger partial charge in [-0.2, -0.15) is 4.31 Å². The van der Waals surface area contributed by atoms with Crippen LogP contribution < -0.4 is 14.8 Å². The van der Waals surface area contributed by atoms with E-state index in [1.807, 2.05) is 38.1 Å². The van der Waals surface area contributed by atoms with Crippen LogP contribution in [0.2, 0.25) is 0 Å². The molecule has 9 nitrogen and oxygen atoms in total. The average molecular weight is 651 g/mol. The first-order chi connectivity index (χ1) is 22.1. The maximum Gasteiger partial charge on any atom is 0.252 e. The summed E-state index contributed by atoms with van der Waals surface area (Å²) in [6.07, 6.45) is 7.07. The van der Waals surface area contributed by atoms with E-state index in [1.165, 1.54) is 23.5 Å². The number of sulfonamides is 1. The van der Waals surface area contributed by atoms with Crippen LogP contribution in [0.4, 0.5) is 0 Å². The highest BCUT2D eigenvalue weighted by Gasteiger charge is 2.32. The van der Waals surface area contributed by atoms with Crippen molar-refractivity contribution in [3.63, 3.8) is 0 Å². The van der Waals surface area contributed by atoms with E-state index in [2.05, 4.69) is 17.5 Å². The number of methoxy groups -OCH3 is 1. The van der Waals surface area contributed by atoms with E-state index in [1.54, 1.807) is 30.3 Å². The quantitative estimate of drug-likeness (QED) is 0.275. The summed E-state index contributed by atoms with van der Waals surface area (Å²) in [5.41, 5.74) is 1.68. The summed E-state index contributed by atoms with van der Waals surface area (Å²) >= 11 is 0. The van der Waals surface area contributed by atoms with Crippen LogP contribution in [0.15, 0.2) is 83.8 Å². The van der Waals surface area contributed by atoms with E-state index in [4.69, 9.17) is 9.47 Å². The topological polar surface area (TPSA) is 125 Å². The number of carbonyl (C=O) groups excluding carboxylic acids is 1. The number of phenols is 1. The number of hydrogen-bond acceptors (Lipinski definition) is 7. The maximum atomic E-state index is 13.8. The van der Waals surface area contributed by atoms with Gasteiger partial charge in [0.05, 0.1) is 30.8 Å². The number of aliphatic hydroxyl groups excluding tert-OH is 1. The maximum absolute atomic E-state index is 13.8. The second kappa shape index (κ2) is 16.6. The minimum atomic E-state index is -3.99. The lowest BCUT2D eigenvalue weighted by molar-refractivity contribution is 0.0774. The van der Waals surface area contributed by atoms with Gasteiger partial charge in [-0.05, 0) is 98.5 Å². The van der Waals surface area contributed by atoms with Crippen molar-refractivity contribution in [1.29, 1.82) is 0 Å². The molecule has 46 heavy (non-hydrogen) atoms. The Kier molecular flexibility index (Phi) is 12.7. The second-order valence-corrected chi connectivity index (χ2v) is 14.0. The molecule has 2 heterocycles. The van der Waals surface area contributed by atoms with E-state index in [-0.39, 0.29) is 36.1 Å². The summed E-state index contributed by atoms with van der Waals surface area (Å²) < 4.78 is 40.0. The molecule has 0 saturated heterocycles. The zero-order valence-corrected chi connectivity index (χ0v) is 27.7. The summed E-state index contributed by atoms with van der Waals surface area (Å²) in [6, 6.07) is 17.6. The Hall–Kier alpha value is -3.86. The number of ether oxygens (including phenoxy) is 2. The fraction of sp³-hybridized carbons (Fsp3) is 0.417. The summed E-state index contributed by atoms with van der Waals surface area (Å²) in [7, 11) is -2.48. The normalized spacial score (nSPS) is 18.0. The highest BCUT2D eigenvalue weighted by Crippen LogP contribution is 2.25. The van der Waals surface area contributed by atoms with Crippen LogP contribution in [-0.4, -0.2) is 67.8 Å². The Morgan fingerprint density at radius 1 is 0.978 bits per heavy atom. The smallest absolute Gasteiger partial charge is 0.252 e. The Morgan fingerprint density at radius 3 is 2.39 bits per heavy atom. The Balaban J connectivity index is 1.66. The molecule has 2 aliphatic rings. The third-order valence-corrected chi connectivity index (χ3v) is 9.82. The first kappa shape index (κ1) is 35.0. The van der Waals surface area contributed by atoms with Crippen LogP contribution in [0.5, 0.6) is 17.2 Å². The molecular weight excluding hydrogens is 604 g/mol. The average Bonchev–Trinajstić information content (AvgIpc) is 3.04. The minimum absolute atomic E-state index is 0.0271. The number of benzene rings is 3. The third kappa shape index (κ3) is 9.57. The molecule has 1 amide bonds. The van der Waals surface area contributed by atoms with E-state index < -0.39 is 28.1 Å². The van der Waals surface area contributed by atoms with E-state index in [9.17, 15) is 23.4 Å². The molecule has 10 heteroatoms. The van der Waals surface area contributed by atoms with Gasteiger partial charge in [-0.1, -0.05) is 44.2 Å². The number of rotatable bonds is 8. The molecule has 3 aromatic carbocycles.